The molecule has 0 saturated heterocycles. The maximum atomic E-state index is 12.2. The van der Waals surface area contributed by atoms with Crippen molar-refractivity contribution < 1.29 is 9.53 Å². The van der Waals surface area contributed by atoms with Gasteiger partial charge >= 0.3 is 5.97 Å². The smallest absolute Gasteiger partial charge is 0.339 e. The minimum absolute atomic E-state index is 0.303. The maximum absolute atomic E-state index is 12.2. The second-order valence-electron chi connectivity index (χ2n) is 4.71. The number of hydrogen-bond acceptors (Lipinski definition) is 2. The van der Waals surface area contributed by atoms with Crippen LogP contribution in [0.3, 0.4) is 0 Å². The van der Waals surface area contributed by atoms with Gasteiger partial charge in [-0.15, -0.1) is 0 Å². The van der Waals surface area contributed by atoms with Crippen molar-refractivity contribution in [2.75, 3.05) is 7.11 Å². The highest BCUT2D eigenvalue weighted by molar-refractivity contribution is 6.06. The summed E-state index contributed by atoms with van der Waals surface area (Å²) in [5, 5.41) is 0. The molecule has 0 spiro atoms. The van der Waals surface area contributed by atoms with E-state index in [4.69, 9.17) is 4.74 Å². The van der Waals surface area contributed by atoms with Gasteiger partial charge in [-0.3, -0.25) is 0 Å². The van der Waals surface area contributed by atoms with Crippen LogP contribution in [-0.4, -0.2) is 17.6 Å². The van der Waals surface area contributed by atoms with Crippen LogP contribution in [0.25, 0.3) is 22.4 Å². The summed E-state index contributed by atoms with van der Waals surface area (Å²) in [5.74, 6) is -0.303. The first-order valence-corrected chi connectivity index (χ1v) is 6.44. The minimum Gasteiger partial charge on any atom is -0.465 e. The summed E-state index contributed by atoms with van der Waals surface area (Å²) >= 11 is 0. The Balaban J connectivity index is 2.34. The Bertz CT molecular complexity index is 742. The third-order valence-electron chi connectivity index (χ3n) is 3.52. The summed E-state index contributed by atoms with van der Waals surface area (Å²) in [5.41, 5.74) is 4.49. The summed E-state index contributed by atoms with van der Waals surface area (Å²) in [7, 11) is 3.38. The highest BCUT2D eigenvalue weighted by atomic mass is 16.5. The number of aromatic nitrogens is 1. The Morgan fingerprint density at radius 2 is 1.85 bits per heavy atom. The molecule has 3 heteroatoms. The number of fused-ring (bicyclic) bond motifs is 1. The molecule has 0 aliphatic heterocycles. The summed E-state index contributed by atoms with van der Waals surface area (Å²) in [6.07, 6.45) is 1.97. The highest BCUT2D eigenvalue weighted by Crippen LogP contribution is 2.37. The van der Waals surface area contributed by atoms with Gasteiger partial charge in [0.1, 0.15) is 0 Å². The predicted molar refractivity (Wildman–Crippen MR) is 78.8 cm³/mol. The first-order chi connectivity index (χ1) is 9.72. The summed E-state index contributed by atoms with van der Waals surface area (Å²) in [4.78, 5) is 12.2. The fraction of sp³-hybridized carbons (Fsp3) is 0.118. The van der Waals surface area contributed by atoms with Gasteiger partial charge in [-0.2, -0.15) is 0 Å². The Hall–Kier alpha value is -2.55. The van der Waals surface area contributed by atoms with E-state index in [0.29, 0.717) is 5.56 Å². The lowest BCUT2D eigenvalue weighted by Gasteiger charge is -2.05. The third kappa shape index (κ3) is 1.88. The number of hydrogen-bond donors (Lipinski definition) is 0. The molecule has 0 unspecified atom stereocenters. The van der Waals surface area contributed by atoms with Crippen molar-refractivity contribution in [1.82, 2.24) is 4.57 Å². The number of aryl methyl sites for hydroxylation is 1. The van der Waals surface area contributed by atoms with Crippen LogP contribution in [0.1, 0.15) is 10.4 Å². The summed E-state index contributed by atoms with van der Waals surface area (Å²) in [6, 6.07) is 15.8. The van der Waals surface area contributed by atoms with Gasteiger partial charge in [-0.25, -0.2) is 4.79 Å². The van der Waals surface area contributed by atoms with Crippen LogP contribution in [0.4, 0.5) is 0 Å². The molecule has 0 fully saturated rings. The molecule has 1 heterocycles. The number of ether oxygens (including phenoxy) is 1. The standard InChI is InChI=1S/C17H15NO2/c1-18-10-6-9-15(18)14-11-12-7-4-3-5-8-13(12)16(14)17(19)20-2/h3-11H,1-2H3. The van der Waals surface area contributed by atoms with Gasteiger partial charge < -0.3 is 9.30 Å². The molecule has 0 aromatic carbocycles. The Morgan fingerprint density at radius 1 is 1.05 bits per heavy atom. The molecule has 100 valence electrons. The van der Waals surface area contributed by atoms with Crippen LogP contribution in [0.15, 0.2) is 54.7 Å². The Morgan fingerprint density at radius 3 is 2.55 bits per heavy atom. The summed E-state index contributed by atoms with van der Waals surface area (Å²) < 4.78 is 6.96. The molecule has 0 N–H and O–H groups in total. The SMILES string of the molecule is COC(=O)c1c2cccccc-2cc1-c1cccn1C. The van der Waals surface area contributed by atoms with Gasteiger partial charge in [0.2, 0.25) is 0 Å². The van der Waals surface area contributed by atoms with E-state index in [-0.39, 0.29) is 5.97 Å². The quantitative estimate of drug-likeness (QED) is 0.663. The third-order valence-corrected chi connectivity index (χ3v) is 3.52. The monoisotopic (exact) mass is 265 g/mol. The largest absolute Gasteiger partial charge is 0.465 e. The van der Waals surface area contributed by atoms with E-state index < -0.39 is 0 Å². The average Bonchev–Trinajstić information content (AvgIpc) is 2.94. The molecule has 2 aliphatic carbocycles. The second-order valence-corrected chi connectivity index (χ2v) is 4.71. The van der Waals surface area contributed by atoms with Crippen LogP contribution in [0.5, 0.6) is 0 Å². The zero-order valence-corrected chi connectivity index (χ0v) is 11.5. The number of methoxy groups -OCH3 is 1. The maximum Gasteiger partial charge on any atom is 0.339 e. The van der Waals surface area contributed by atoms with Crippen molar-refractivity contribution in [3.05, 3.63) is 60.3 Å². The molecule has 1 aromatic rings. The van der Waals surface area contributed by atoms with Crippen molar-refractivity contribution in [2.24, 2.45) is 7.05 Å². The first-order valence-electron chi connectivity index (χ1n) is 6.44. The molecule has 3 rings (SSSR count). The molecule has 0 saturated carbocycles. The normalized spacial score (nSPS) is 10.7. The lowest BCUT2D eigenvalue weighted by atomic mass is 10.1. The van der Waals surface area contributed by atoms with Crippen molar-refractivity contribution >= 4 is 5.97 Å². The molecule has 0 bridgehead atoms. The number of esters is 1. The predicted octanol–water partition coefficient (Wildman–Crippen LogP) is 3.58. The zero-order chi connectivity index (χ0) is 14.1. The second kappa shape index (κ2) is 4.85. The molecule has 1 aromatic heterocycles. The number of nitrogens with zero attached hydrogens (tertiary/aromatic N) is 1. The van der Waals surface area contributed by atoms with Crippen LogP contribution in [0.2, 0.25) is 0 Å². The van der Waals surface area contributed by atoms with Crippen molar-refractivity contribution in [2.45, 2.75) is 0 Å². The molecular weight excluding hydrogens is 250 g/mol. The first kappa shape index (κ1) is 12.5. The number of rotatable bonds is 2. The zero-order valence-electron chi connectivity index (χ0n) is 11.5. The van der Waals surface area contributed by atoms with E-state index in [9.17, 15) is 4.79 Å². The highest BCUT2D eigenvalue weighted by Gasteiger charge is 2.23. The van der Waals surface area contributed by atoms with Gasteiger partial charge in [-0.05, 0) is 29.3 Å². The van der Waals surface area contributed by atoms with E-state index in [1.807, 2.05) is 66.3 Å². The Kier molecular flexibility index (Phi) is 3.03. The summed E-state index contributed by atoms with van der Waals surface area (Å²) in [6.45, 7) is 0. The van der Waals surface area contributed by atoms with Gasteiger partial charge in [0, 0.05) is 24.5 Å². The lowest BCUT2D eigenvalue weighted by Crippen LogP contribution is -2.03. The van der Waals surface area contributed by atoms with Crippen LogP contribution >= 0.6 is 0 Å². The fourth-order valence-corrected chi connectivity index (χ4v) is 2.55. The van der Waals surface area contributed by atoms with Crippen molar-refractivity contribution in [3.8, 4) is 22.4 Å². The molecule has 3 nitrogen and oxygen atoms in total. The lowest BCUT2D eigenvalue weighted by molar-refractivity contribution is 0.0603. The molecular formula is C17H15NO2. The van der Waals surface area contributed by atoms with Crippen LogP contribution in [0, 0.1) is 0 Å². The fourth-order valence-electron chi connectivity index (χ4n) is 2.55. The molecule has 20 heavy (non-hydrogen) atoms. The molecule has 0 radical (unpaired) electrons. The van der Waals surface area contributed by atoms with Gasteiger partial charge in [0.25, 0.3) is 0 Å². The number of carbonyl (C=O) groups is 1. The van der Waals surface area contributed by atoms with E-state index in [1.54, 1.807) is 0 Å². The van der Waals surface area contributed by atoms with Gasteiger partial charge in [-0.1, -0.05) is 30.3 Å². The minimum atomic E-state index is -0.303. The van der Waals surface area contributed by atoms with Crippen molar-refractivity contribution in [3.63, 3.8) is 0 Å². The topological polar surface area (TPSA) is 31.2 Å². The molecule has 0 atom stereocenters. The van der Waals surface area contributed by atoms with E-state index in [1.165, 1.54) is 7.11 Å². The van der Waals surface area contributed by atoms with Gasteiger partial charge in [0.15, 0.2) is 0 Å². The Labute approximate surface area is 117 Å². The van der Waals surface area contributed by atoms with Crippen molar-refractivity contribution in [1.29, 1.82) is 0 Å². The number of carbonyl (C=O) groups excluding carboxylic acids is 1. The van der Waals surface area contributed by atoms with Crippen LogP contribution in [-0.2, 0) is 11.8 Å². The average molecular weight is 265 g/mol. The van der Waals surface area contributed by atoms with Crippen LogP contribution < -0.4 is 0 Å². The van der Waals surface area contributed by atoms with Gasteiger partial charge in [0.05, 0.1) is 12.7 Å². The van der Waals surface area contributed by atoms with E-state index in [0.717, 1.165) is 22.4 Å². The van der Waals surface area contributed by atoms with E-state index >= 15 is 0 Å². The van der Waals surface area contributed by atoms with E-state index in [2.05, 4.69) is 0 Å². The molecule has 0 amide bonds. The molecule has 2 aliphatic rings.